The van der Waals surface area contributed by atoms with Gasteiger partial charge in [-0.1, -0.05) is 59.6 Å². The molecule has 0 saturated heterocycles. The molecule has 3 aromatic rings. The van der Waals surface area contributed by atoms with E-state index in [1.54, 1.807) is 31.4 Å². The first-order valence-electron chi connectivity index (χ1n) is 9.67. The highest BCUT2D eigenvalue weighted by molar-refractivity contribution is 6.42. The minimum Gasteiger partial charge on any atom is -0.496 e. The lowest BCUT2D eigenvalue weighted by Gasteiger charge is -2.13. The SMILES string of the molecule is C=CCc1ccccc1OCc1cc(/C=C/C(=O)c2ccc(Cl)c(Cl)c2)ccc1OC. The summed E-state index contributed by atoms with van der Waals surface area (Å²) >= 11 is 11.9. The normalized spacial score (nSPS) is 10.8. The van der Waals surface area contributed by atoms with Gasteiger partial charge in [0.15, 0.2) is 5.78 Å². The summed E-state index contributed by atoms with van der Waals surface area (Å²) in [6.45, 7) is 4.13. The number of ketones is 1. The minimum atomic E-state index is -0.162. The van der Waals surface area contributed by atoms with Gasteiger partial charge < -0.3 is 9.47 Å². The molecule has 158 valence electrons. The predicted octanol–water partition coefficient (Wildman–Crippen LogP) is 7.21. The second-order valence-electron chi connectivity index (χ2n) is 6.79. The summed E-state index contributed by atoms with van der Waals surface area (Å²) in [6, 6.07) is 18.4. The maximum Gasteiger partial charge on any atom is 0.185 e. The lowest BCUT2D eigenvalue weighted by atomic mass is 10.1. The van der Waals surface area contributed by atoms with E-state index in [9.17, 15) is 4.79 Å². The van der Waals surface area contributed by atoms with Crippen molar-refractivity contribution in [2.24, 2.45) is 0 Å². The van der Waals surface area contributed by atoms with Gasteiger partial charge in [0.1, 0.15) is 18.1 Å². The van der Waals surface area contributed by atoms with Gasteiger partial charge >= 0.3 is 0 Å². The van der Waals surface area contributed by atoms with Crippen molar-refractivity contribution in [3.63, 3.8) is 0 Å². The molecular formula is C26H22Cl2O3. The molecule has 0 N–H and O–H groups in total. The van der Waals surface area contributed by atoms with Gasteiger partial charge in [-0.2, -0.15) is 0 Å². The van der Waals surface area contributed by atoms with Gasteiger partial charge in [-0.3, -0.25) is 4.79 Å². The lowest BCUT2D eigenvalue weighted by molar-refractivity contribution is 0.104. The van der Waals surface area contributed by atoms with Gasteiger partial charge in [-0.05, 0) is 60.0 Å². The molecule has 0 saturated carbocycles. The summed E-state index contributed by atoms with van der Waals surface area (Å²) < 4.78 is 11.5. The van der Waals surface area contributed by atoms with Crippen LogP contribution in [-0.2, 0) is 13.0 Å². The zero-order valence-corrected chi connectivity index (χ0v) is 18.6. The van der Waals surface area contributed by atoms with Crippen LogP contribution in [0.1, 0.15) is 27.0 Å². The average molecular weight is 453 g/mol. The Kier molecular flexibility index (Phi) is 7.94. The summed E-state index contributed by atoms with van der Waals surface area (Å²) in [7, 11) is 1.62. The molecule has 0 bridgehead atoms. The van der Waals surface area contributed by atoms with E-state index >= 15 is 0 Å². The number of para-hydroxylation sites is 1. The van der Waals surface area contributed by atoms with Crippen molar-refractivity contribution in [2.45, 2.75) is 13.0 Å². The van der Waals surface area contributed by atoms with Gasteiger partial charge in [0.2, 0.25) is 0 Å². The quantitative estimate of drug-likeness (QED) is 0.195. The number of allylic oxidation sites excluding steroid dienone is 2. The summed E-state index contributed by atoms with van der Waals surface area (Å²) in [5, 5.41) is 0.762. The number of carbonyl (C=O) groups is 1. The monoisotopic (exact) mass is 452 g/mol. The van der Waals surface area contributed by atoms with Crippen LogP contribution in [0.15, 0.2) is 79.4 Å². The molecule has 3 aromatic carbocycles. The number of ether oxygens (including phenoxy) is 2. The number of halogens is 2. The van der Waals surface area contributed by atoms with Crippen molar-refractivity contribution in [1.29, 1.82) is 0 Å². The van der Waals surface area contributed by atoms with Crippen molar-refractivity contribution in [3.05, 3.63) is 112 Å². The van der Waals surface area contributed by atoms with Crippen LogP contribution in [0.3, 0.4) is 0 Å². The molecule has 31 heavy (non-hydrogen) atoms. The Morgan fingerprint density at radius 3 is 2.52 bits per heavy atom. The molecule has 0 aliphatic rings. The summed E-state index contributed by atoms with van der Waals surface area (Å²) in [5.41, 5.74) is 3.27. The third-order valence-electron chi connectivity index (χ3n) is 4.66. The first-order valence-corrected chi connectivity index (χ1v) is 10.4. The first kappa shape index (κ1) is 22.7. The van der Waals surface area contributed by atoms with Crippen molar-refractivity contribution in [1.82, 2.24) is 0 Å². The summed E-state index contributed by atoms with van der Waals surface area (Å²) in [6.07, 6.45) is 5.83. The predicted molar refractivity (Wildman–Crippen MR) is 127 cm³/mol. The van der Waals surface area contributed by atoms with Crippen LogP contribution < -0.4 is 9.47 Å². The van der Waals surface area contributed by atoms with Crippen molar-refractivity contribution < 1.29 is 14.3 Å². The highest BCUT2D eigenvalue weighted by atomic mass is 35.5. The minimum absolute atomic E-state index is 0.162. The average Bonchev–Trinajstić information content (AvgIpc) is 2.79. The molecule has 0 atom stereocenters. The van der Waals surface area contributed by atoms with Crippen LogP contribution in [0.2, 0.25) is 10.0 Å². The van der Waals surface area contributed by atoms with E-state index in [-0.39, 0.29) is 5.78 Å². The Hall–Kier alpha value is -3.01. The fourth-order valence-corrected chi connectivity index (χ4v) is 3.35. The maximum absolute atomic E-state index is 12.5. The Bertz CT molecular complexity index is 1120. The molecule has 0 aliphatic carbocycles. The number of carbonyl (C=O) groups excluding carboxylic acids is 1. The molecule has 3 rings (SSSR count). The topological polar surface area (TPSA) is 35.5 Å². The second kappa shape index (κ2) is 10.9. The van der Waals surface area contributed by atoms with Gasteiger partial charge in [0.05, 0.1) is 17.2 Å². The van der Waals surface area contributed by atoms with Gasteiger partial charge in [0.25, 0.3) is 0 Å². The van der Waals surface area contributed by atoms with Crippen molar-refractivity contribution in [3.8, 4) is 11.5 Å². The third kappa shape index (κ3) is 6.00. The number of hydrogen-bond acceptors (Lipinski definition) is 3. The highest BCUT2D eigenvalue weighted by Gasteiger charge is 2.08. The Labute approximate surface area is 192 Å². The first-order chi connectivity index (χ1) is 15.0. The molecule has 5 heteroatoms. The molecule has 0 radical (unpaired) electrons. The van der Waals surface area contributed by atoms with E-state index in [0.29, 0.717) is 28.0 Å². The van der Waals surface area contributed by atoms with Crippen LogP contribution in [-0.4, -0.2) is 12.9 Å². The van der Waals surface area contributed by atoms with Crippen LogP contribution in [0, 0.1) is 0 Å². The molecular weight excluding hydrogens is 431 g/mol. The van der Waals surface area contributed by atoms with Gasteiger partial charge in [0, 0.05) is 11.1 Å². The van der Waals surface area contributed by atoms with E-state index in [4.69, 9.17) is 32.7 Å². The van der Waals surface area contributed by atoms with Crippen LogP contribution in [0.4, 0.5) is 0 Å². The van der Waals surface area contributed by atoms with Crippen LogP contribution in [0.25, 0.3) is 6.08 Å². The number of hydrogen-bond donors (Lipinski definition) is 0. The van der Waals surface area contributed by atoms with Crippen molar-refractivity contribution >= 4 is 35.1 Å². The highest BCUT2D eigenvalue weighted by Crippen LogP contribution is 2.26. The molecule has 0 amide bonds. The summed E-state index contributed by atoms with van der Waals surface area (Å²) in [4.78, 5) is 12.5. The van der Waals surface area contributed by atoms with E-state index in [1.807, 2.05) is 48.5 Å². The van der Waals surface area contributed by atoms with Gasteiger partial charge in [-0.25, -0.2) is 0 Å². The fraction of sp³-hybridized carbons (Fsp3) is 0.115. The molecule has 0 aliphatic heterocycles. The van der Waals surface area contributed by atoms with E-state index < -0.39 is 0 Å². The standard InChI is InChI=1S/C26H22Cl2O3/c1-3-6-19-7-4-5-8-26(19)31-17-21-15-18(10-14-25(21)30-2)9-13-24(29)20-11-12-22(27)23(28)16-20/h3-5,7-16H,1,6,17H2,2H3/b13-9+. The number of methoxy groups -OCH3 is 1. The van der Waals surface area contributed by atoms with Crippen LogP contribution >= 0.6 is 23.2 Å². The van der Waals surface area contributed by atoms with E-state index in [1.165, 1.54) is 6.08 Å². The zero-order chi connectivity index (χ0) is 22.2. The van der Waals surface area contributed by atoms with Crippen molar-refractivity contribution in [2.75, 3.05) is 7.11 Å². The largest absolute Gasteiger partial charge is 0.496 e. The molecule has 0 heterocycles. The summed E-state index contributed by atoms with van der Waals surface area (Å²) in [5.74, 6) is 1.36. The smallest absolute Gasteiger partial charge is 0.185 e. The maximum atomic E-state index is 12.5. The molecule has 3 nitrogen and oxygen atoms in total. The zero-order valence-electron chi connectivity index (χ0n) is 17.1. The Balaban J connectivity index is 1.77. The molecule has 0 fully saturated rings. The number of benzene rings is 3. The lowest BCUT2D eigenvalue weighted by Crippen LogP contribution is -2.01. The van der Waals surface area contributed by atoms with E-state index in [2.05, 4.69) is 6.58 Å². The van der Waals surface area contributed by atoms with Gasteiger partial charge in [-0.15, -0.1) is 6.58 Å². The van der Waals surface area contributed by atoms with Crippen LogP contribution in [0.5, 0.6) is 11.5 Å². The third-order valence-corrected chi connectivity index (χ3v) is 5.39. The fourth-order valence-electron chi connectivity index (χ4n) is 3.06. The number of rotatable bonds is 9. The van der Waals surface area contributed by atoms with E-state index in [0.717, 1.165) is 28.9 Å². The molecule has 0 aromatic heterocycles. The Morgan fingerprint density at radius 2 is 1.77 bits per heavy atom. The molecule has 0 spiro atoms. The Morgan fingerprint density at radius 1 is 0.968 bits per heavy atom. The molecule has 0 unspecified atom stereocenters. The second-order valence-corrected chi connectivity index (χ2v) is 7.60.